The lowest BCUT2D eigenvalue weighted by molar-refractivity contribution is -0.119. The number of hydrogen-bond donors (Lipinski definition) is 2. The Morgan fingerprint density at radius 3 is 2.00 bits per heavy atom. The summed E-state index contributed by atoms with van der Waals surface area (Å²) in [6, 6.07) is 11.4. The van der Waals surface area contributed by atoms with Gasteiger partial charge in [0.1, 0.15) is 5.82 Å². The fourth-order valence-corrected chi connectivity index (χ4v) is 4.43. The molecular formula is C21H27FN4O4S. The zero-order chi connectivity index (χ0) is 23.0. The van der Waals surface area contributed by atoms with Crippen LogP contribution >= 0.6 is 0 Å². The minimum absolute atomic E-state index is 0.0544. The van der Waals surface area contributed by atoms with Crippen molar-refractivity contribution in [2.45, 2.75) is 18.7 Å². The third-order valence-corrected chi connectivity index (χ3v) is 6.46. The van der Waals surface area contributed by atoms with Crippen LogP contribution in [0.3, 0.4) is 0 Å². The summed E-state index contributed by atoms with van der Waals surface area (Å²) < 4.78 is 39.5. The number of hydrogen-bond acceptors (Lipinski definition) is 5. The molecule has 0 heterocycles. The third kappa shape index (κ3) is 7.12. The fraction of sp³-hybridized carbons (Fsp3) is 0.333. The second kappa shape index (κ2) is 11.0. The molecule has 0 aliphatic carbocycles. The van der Waals surface area contributed by atoms with Gasteiger partial charge in [-0.3, -0.25) is 14.5 Å². The molecule has 0 saturated carbocycles. The quantitative estimate of drug-likeness (QED) is 0.579. The van der Waals surface area contributed by atoms with Crippen LogP contribution in [0.1, 0.15) is 13.8 Å². The van der Waals surface area contributed by atoms with Crippen LogP contribution < -0.4 is 10.6 Å². The average Bonchev–Trinajstić information content (AvgIpc) is 2.70. The third-order valence-electron chi connectivity index (χ3n) is 4.42. The van der Waals surface area contributed by atoms with Gasteiger partial charge in [-0.2, -0.15) is 4.31 Å². The second-order valence-electron chi connectivity index (χ2n) is 6.89. The minimum Gasteiger partial charge on any atom is -0.325 e. The SMILES string of the molecule is CCN(CC)S(=O)(=O)c1cccc(NC(=O)CN(C)CC(=O)Nc2ccc(F)cc2)c1. The molecule has 31 heavy (non-hydrogen) atoms. The number of amides is 2. The molecule has 0 bridgehead atoms. The van der Waals surface area contributed by atoms with Gasteiger partial charge in [-0.05, 0) is 49.5 Å². The number of halogens is 1. The largest absolute Gasteiger partial charge is 0.325 e. The molecule has 168 valence electrons. The van der Waals surface area contributed by atoms with Crippen molar-refractivity contribution < 1.29 is 22.4 Å². The Morgan fingerprint density at radius 1 is 0.903 bits per heavy atom. The maximum Gasteiger partial charge on any atom is 0.243 e. The first-order valence-corrected chi connectivity index (χ1v) is 11.2. The molecule has 2 rings (SSSR count). The molecule has 0 radical (unpaired) electrons. The van der Waals surface area contributed by atoms with E-state index in [0.717, 1.165) is 0 Å². The Morgan fingerprint density at radius 2 is 1.45 bits per heavy atom. The van der Waals surface area contributed by atoms with E-state index in [9.17, 15) is 22.4 Å². The zero-order valence-electron chi connectivity index (χ0n) is 17.8. The molecule has 2 N–H and O–H groups in total. The Bertz CT molecular complexity index is 1010. The standard InChI is InChI=1S/C21H27FN4O4S/c1-4-26(5-2)31(29,30)19-8-6-7-18(13-19)24-21(28)15-25(3)14-20(27)23-17-11-9-16(22)10-12-17/h6-13H,4-5,14-15H2,1-3H3,(H,23,27)(H,24,28). The summed E-state index contributed by atoms with van der Waals surface area (Å²) in [7, 11) is -2.03. The van der Waals surface area contributed by atoms with Crippen LogP contribution in [0, 0.1) is 5.82 Å². The number of nitrogens with one attached hydrogen (secondary N) is 2. The number of anilines is 2. The van der Waals surface area contributed by atoms with Crippen molar-refractivity contribution in [1.29, 1.82) is 0 Å². The summed E-state index contributed by atoms with van der Waals surface area (Å²) in [5.41, 5.74) is 0.804. The first-order valence-electron chi connectivity index (χ1n) is 9.79. The van der Waals surface area contributed by atoms with E-state index in [1.807, 2.05) is 0 Å². The van der Waals surface area contributed by atoms with Crippen LogP contribution in [0.4, 0.5) is 15.8 Å². The van der Waals surface area contributed by atoms with E-state index in [2.05, 4.69) is 10.6 Å². The number of benzene rings is 2. The number of carbonyl (C=O) groups is 2. The molecule has 0 aromatic heterocycles. The van der Waals surface area contributed by atoms with E-state index in [1.165, 1.54) is 45.6 Å². The molecule has 0 aliphatic rings. The van der Waals surface area contributed by atoms with Gasteiger partial charge in [-0.25, -0.2) is 12.8 Å². The van der Waals surface area contributed by atoms with Crippen molar-refractivity contribution >= 4 is 33.2 Å². The topological polar surface area (TPSA) is 98.8 Å². The molecule has 2 amide bonds. The number of rotatable bonds is 10. The van der Waals surface area contributed by atoms with E-state index in [1.54, 1.807) is 33.0 Å². The van der Waals surface area contributed by atoms with E-state index >= 15 is 0 Å². The highest BCUT2D eigenvalue weighted by molar-refractivity contribution is 7.89. The van der Waals surface area contributed by atoms with Crippen LogP contribution in [-0.2, 0) is 19.6 Å². The van der Waals surface area contributed by atoms with Gasteiger partial charge < -0.3 is 10.6 Å². The summed E-state index contributed by atoms with van der Waals surface area (Å²) in [6.45, 7) is 4.08. The highest BCUT2D eigenvalue weighted by atomic mass is 32.2. The van der Waals surface area contributed by atoms with Gasteiger partial charge in [0.15, 0.2) is 0 Å². The van der Waals surface area contributed by atoms with Gasteiger partial charge in [0.2, 0.25) is 21.8 Å². The molecule has 0 fully saturated rings. The molecule has 2 aromatic rings. The second-order valence-corrected chi connectivity index (χ2v) is 8.83. The number of carbonyl (C=O) groups excluding carboxylic acids is 2. The van der Waals surface area contributed by atoms with E-state index < -0.39 is 21.7 Å². The lowest BCUT2D eigenvalue weighted by Gasteiger charge is -2.19. The highest BCUT2D eigenvalue weighted by Gasteiger charge is 2.22. The van der Waals surface area contributed by atoms with Gasteiger partial charge in [-0.1, -0.05) is 19.9 Å². The number of nitrogens with zero attached hydrogens (tertiary/aromatic N) is 2. The lowest BCUT2D eigenvalue weighted by atomic mass is 10.3. The van der Waals surface area contributed by atoms with Crippen LogP contribution in [0.5, 0.6) is 0 Å². The van der Waals surface area contributed by atoms with Gasteiger partial charge in [-0.15, -0.1) is 0 Å². The molecule has 10 heteroatoms. The van der Waals surface area contributed by atoms with E-state index in [0.29, 0.717) is 24.5 Å². The number of sulfonamides is 1. The van der Waals surface area contributed by atoms with Crippen LogP contribution in [0.25, 0.3) is 0 Å². The fourth-order valence-electron chi connectivity index (χ4n) is 2.93. The van der Waals surface area contributed by atoms with E-state index in [4.69, 9.17) is 0 Å². The Hall–Kier alpha value is -2.82. The maximum atomic E-state index is 12.9. The summed E-state index contributed by atoms with van der Waals surface area (Å²) in [6.07, 6.45) is 0. The molecule has 0 spiro atoms. The molecule has 8 nitrogen and oxygen atoms in total. The molecule has 0 aliphatic heterocycles. The Kier molecular flexibility index (Phi) is 8.66. The van der Waals surface area contributed by atoms with Crippen LogP contribution in [0.15, 0.2) is 53.4 Å². The summed E-state index contributed by atoms with van der Waals surface area (Å²) in [5.74, 6) is -1.15. The van der Waals surface area contributed by atoms with Crippen molar-refractivity contribution in [3.05, 3.63) is 54.3 Å². The van der Waals surface area contributed by atoms with E-state index in [-0.39, 0.29) is 23.9 Å². The first kappa shape index (κ1) is 24.4. The van der Waals surface area contributed by atoms with Gasteiger partial charge in [0, 0.05) is 24.5 Å². The average molecular weight is 451 g/mol. The van der Waals surface area contributed by atoms with Crippen molar-refractivity contribution in [2.24, 2.45) is 0 Å². The molecule has 0 unspecified atom stereocenters. The summed E-state index contributed by atoms with van der Waals surface area (Å²) in [4.78, 5) is 26.0. The molecule has 2 aromatic carbocycles. The van der Waals surface area contributed by atoms with Crippen molar-refractivity contribution in [1.82, 2.24) is 9.21 Å². The highest BCUT2D eigenvalue weighted by Crippen LogP contribution is 2.19. The van der Waals surface area contributed by atoms with Crippen molar-refractivity contribution in [3.63, 3.8) is 0 Å². The molecule has 0 atom stereocenters. The summed E-state index contributed by atoms with van der Waals surface area (Å²) >= 11 is 0. The molecular weight excluding hydrogens is 423 g/mol. The normalized spacial score (nSPS) is 11.5. The molecule has 0 saturated heterocycles. The minimum atomic E-state index is -3.64. The Labute approximate surface area is 182 Å². The van der Waals surface area contributed by atoms with Crippen LogP contribution in [-0.4, -0.2) is 62.7 Å². The first-order chi connectivity index (χ1) is 14.6. The lowest BCUT2D eigenvalue weighted by Crippen LogP contribution is -2.36. The van der Waals surface area contributed by atoms with Gasteiger partial charge in [0.25, 0.3) is 0 Å². The summed E-state index contributed by atoms with van der Waals surface area (Å²) in [5, 5.41) is 5.27. The van der Waals surface area contributed by atoms with Crippen molar-refractivity contribution in [2.75, 3.05) is 43.9 Å². The predicted octanol–water partition coefficient (Wildman–Crippen LogP) is 2.37. The zero-order valence-corrected chi connectivity index (χ0v) is 18.6. The van der Waals surface area contributed by atoms with Gasteiger partial charge >= 0.3 is 0 Å². The Balaban J connectivity index is 1.93. The maximum absolute atomic E-state index is 12.9. The van der Waals surface area contributed by atoms with Gasteiger partial charge in [0.05, 0.1) is 18.0 Å². The number of likely N-dealkylation sites (N-methyl/N-ethyl adjacent to an activating group) is 1. The van der Waals surface area contributed by atoms with Crippen LogP contribution in [0.2, 0.25) is 0 Å². The monoisotopic (exact) mass is 450 g/mol. The predicted molar refractivity (Wildman–Crippen MR) is 118 cm³/mol. The van der Waals surface area contributed by atoms with Crippen molar-refractivity contribution in [3.8, 4) is 0 Å². The smallest absolute Gasteiger partial charge is 0.243 e.